The molecule has 0 aliphatic carbocycles. The Morgan fingerprint density at radius 1 is 1.13 bits per heavy atom. The number of carbonyl (C=O) groups excluding carboxylic acids is 2. The van der Waals surface area contributed by atoms with Crippen LogP contribution in [-0.2, 0) is 16.1 Å². The summed E-state index contributed by atoms with van der Waals surface area (Å²) in [6.07, 6.45) is 3.73. The van der Waals surface area contributed by atoms with Gasteiger partial charge in [0.25, 0.3) is 5.56 Å². The fourth-order valence-electron chi connectivity index (χ4n) is 3.38. The highest BCUT2D eigenvalue weighted by Crippen LogP contribution is 2.24. The van der Waals surface area contributed by atoms with E-state index in [1.807, 2.05) is 11.0 Å². The largest absolute Gasteiger partial charge is 0.456 e. The number of aromatic nitrogens is 2. The maximum Gasteiger partial charge on any atom is 0.339 e. The van der Waals surface area contributed by atoms with Crippen LogP contribution >= 0.6 is 27.7 Å². The third-order valence-electron chi connectivity index (χ3n) is 4.94. The molecule has 0 saturated carbocycles. The predicted octanol–water partition coefficient (Wildman–Crippen LogP) is 3.53. The van der Waals surface area contributed by atoms with Gasteiger partial charge in [-0.25, -0.2) is 9.78 Å². The number of amides is 1. The van der Waals surface area contributed by atoms with Crippen LogP contribution < -0.4 is 5.56 Å². The molecule has 0 spiro atoms. The van der Waals surface area contributed by atoms with Gasteiger partial charge in [0.2, 0.25) is 5.91 Å². The third-order valence-corrected chi connectivity index (χ3v) is 6.47. The van der Waals surface area contributed by atoms with E-state index in [9.17, 15) is 14.4 Å². The summed E-state index contributed by atoms with van der Waals surface area (Å²) in [5.41, 5.74) is 0.977. The molecule has 2 aromatic heterocycles. The third kappa shape index (κ3) is 5.16. The lowest BCUT2D eigenvalue weighted by atomic mass is 10.2. The maximum atomic E-state index is 12.7. The SMILES string of the molecule is O=C(OCc1cc(=O)n2cc(Br)ccc2n1)c1ccccc1SCC(=O)N1CCCC1. The Hall–Kier alpha value is -2.65. The summed E-state index contributed by atoms with van der Waals surface area (Å²) in [5.74, 6) is -0.157. The first-order valence-electron chi connectivity index (χ1n) is 9.86. The van der Waals surface area contributed by atoms with Crippen LogP contribution in [0.3, 0.4) is 0 Å². The van der Waals surface area contributed by atoms with E-state index in [0.717, 1.165) is 30.4 Å². The van der Waals surface area contributed by atoms with Crippen molar-refractivity contribution in [1.82, 2.24) is 14.3 Å². The standard InChI is InChI=1S/C22H20BrN3O4S/c23-15-7-8-19-24-16(11-20(27)26(19)12-15)13-30-22(29)17-5-1-2-6-18(17)31-14-21(28)25-9-3-4-10-25/h1-2,5-8,11-12H,3-4,9-10,13-14H2. The van der Waals surface area contributed by atoms with Crippen LogP contribution in [-0.4, -0.2) is 45.0 Å². The Morgan fingerprint density at radius 3 is 2.71 bits per heavy atom. The van der Waals surface area contributed by atoms with Gasteiger partial charge >= 0.3 is 5.97 Å². The summed E-state index contributed by atoms with van der Waals surface area (Å²) in [5, 5.41) is 0. The average molecular weight is 502 g/mol. The van der Waals surface area contributed by atoms with Crippen LogP contribution in [0.5, 0.6) is 0 Å². The highest BCUT2D eigenvalue weighted by molar-refractivity contribution is 9.10. The van der Waals surface area contributed by atoms with Crippen molar-refractivity contribution < 1.29 is 14.3 Å². The lowest BCUT2D eigenvalue weighted by Crippen LogP contribution is -2.29. The average Bonchev–Trinajstić information content (AvgIpc) is 3.32. The minimum absolute atomic E-state index is 0.0816. The maximum absolute atomic E-state index is 12.7. The molecular formula is C22H20BrN3O4S. The zero-order valence-electron chi connectivity index (χ0n) is 16.6. The molecule has 1 fully saturated rings. The molecule has 31 heavy (non-hydrogen) atoms. The van der Waals surface area contributed by atoms with E-state index >= 15 is 0 Å². The van der Waals surface area contributed by atoms with Gasteiger partial charge in [-0.2, -0.15) is 0 Å². The number of hydrogen-bond donors (Lipinski definition) is 0. The Morgan fingerprint density at radius 2 is 1.90 bits per heavy atom. The van der Waals surface area contributed by atoms with Gasteiger partial charge in [-0.15, -0.1) is 11.8 Å². The van der Waals surface area contributed by atoms with Crippen molar-refractivity contribution in [3.05, 3.63) is 74.7 Å². The second kappa shape index (κ2) is 9.65. The lowest BCUT2D eigenvalue weighted by molar-refractivity contribution is -0.127. The van der Waals surface area contributed by atoms with Gasteiger partial charge in [-0.05, 0) is 53.0 Å². The summed E-state index contributed by atoms with van der Waals surface area (Å²) in [6, 6.07) is 11.9. The number of carbonyl (C=O) groups is 2. The Kier molecular flexibility index (Phi) is 6.72. The number of nitrogens with zero attached hydrogens (tertiary/aromatic N) is 3. The van der Waals surface area contributed by atoms with E-state index in [-0.39, 0.29) is 23.8 Å². The number of thioether (sulfide) groups is 1. The van der Waals surface area contributed by atoms with Crippen molar-refractivity contribution in [3.8, 4) is 0 Å². The highest BCUT2D eigenvalue weighted by Gasteiger charge is 2.20. The number of ether oxygens (including phenoxy) is 1. The van der Waals surface area contributed by atoms with E-state index in [2.05, 4.69) is 20.9 Å². The molecule has 1 aromatic carbocycles. The zero-order valence-corrected chi connectivity index (χ0v) is 19.0. The van der Waals surface area contributed by atoms with Crippen molar-refractivity contribution in [2.24, 2.45) is 0 Å². The molecule has 0 atom stereocenters. The van der Waals surface area contributed by atoms with E-state index in [0.29, 0.717) is 21.8 Å². The van der Waals surface area contributed by atoms with Crippen molar-refractivity contribution in [1.29, 1.82) is 0 Å². The van der Waals surface area contributed by atoms with E-state index < -0.39 is 5.97 Å². The molecule has 3 aromatic rings. The second-order valence-electron chi connectivity index (χ2n) is 7.11. The van der Waals surface area contributed by atoms with E-state index in [1.54, 1.807) is 36.5 Å². The van der Waals surface area contributed by atoms with Crippen molar-refractivity contribution in [3.63, 3.8) is 0 Å². The van der Waals surface area contributed by atoms with Crippen LogP contribution in [0, 0.1) is 0 Å². The van der Waals surface area contributed by atoms with Gasteiger partial charge in [0.05, 0.1) is 17.0 Å². The fourth-order valence-corrected chi connectivity index (χ4v) is 4.66. The summed E-state index contributed by atoms with van der Waals surface area (Å²) < 4.78 is 7.60. The number of hydrogen-bond acceptors (Lipinski definition) is 6. The number of benzene rings is 1. The molecule has 1 saturated heterocycles. The molecule has 1 amide bonds. The summed E-state index contributed by atoms with van der Waals surface area (Å²) in [4.78, 5) is 44.2. The molecule has 0 bridgehead atoms. The van der Waals surface area contributed by atoms with Crippen molar-refractivity contribution in [2.75, 3.05) is 18.8 Å². The highest BCUT2D eigenvalue weighted by atomic mass is 79.9. The van der Waals surface area contributed by atoms with Crippen LogP contribution in [0.15, 0.2) is 62.8 Å². The first-order chi connectivity index (χ1) is 15.0. The summed E-state index contributed by atoms with van der Waals surface area (Å²) in [7, 11) is 0. The lowest BCUT2D eigenvalue weighted by Gasteiger charge is -2.15. The number of pyridine rings is 1. The quantitative estimate of drug-likeness (QED) is 0.379. The predicted molar refractivity (Wildman–Crippen MR) is 121 cm³/mol. The number of esters is 1. The minimum Gasteiger partial charge on any atom is -0.456 e. The fraction of sp³-hybridized carbons (Fsp3) is 0.273. The van der Waals surface area contributed by atoms with Crippen LogP contribution in [0.4, 0.5) is 0 Å². The van der Waals surface area contributed by atoms with Gasteiger partial charge in [0.1, 0.15) is 12.3 Å². The first-order valence-corrected chi connectivity index (χ1v) is 11.6. The van der Waals surface area contributed by atoms with Crippen LogP contribution in [0.1, 0.15) is 28.9 Å². The topological polar surface area (TPSA) is 81.0 Å². The Balaban J connectivity index is 1.43. The molecule has 0 N–H and O–H groups in total. The Labute approximate surface area is 191 Å². The normalized spacial score (nSPS) is 13.5. The van der Waals surface area contributed by atoms with Gasteiger partial charge in [0, 0.05) is 34.7 Å². The zero-order chi connectivity index (χ0) is 21.8. The van der Waals surface area contributed by atoms with Crippen molar-refractivity contribution in [2.45, 2.75) is 24.3 Å². The van der Waals surface area contributed by atoms with Gasteiger partial charge in [0.15, 0.2) is 0 Å². The second-order valence-corrected chi connectivity index (χ2v) is 9.04. The van der Waals surface area contributed by atoms with Gasteiger partial charge in [-0.1, -0.05) is 12.1 Å². The van der Waals surface area contributed by atoms with Gasteiger partial charge in [-0.3, -0.25) is 14.0 Å². The van der Waals surface area contributed by atoms with Gasteiger partial charge < -0.3 is 9.64 Å². The first kappa shape index (κ1) is 21.6. The molecule has 9 heteroatoms. The van der Waals surface area contributed by atoms with E-state index in [1.165, 1.54) is 22.2 Å². The van der Waals surface area contributed by atoms with Crippen molar-refractivity contribution >= 4 is 45.2 Å². The number of halogens is 1. The molecule has 3 heterocycles. The number of fused-ring (bicyclic) bond motifs is 1. The van der Waals surface area contributed by atoms with E-state index in [4.69, 9.17) is 4.74 Å². The molecule has 0 unspecified atom stereocenters. The smallest absolute Gasteiger partial charge is 0.339 e. The molecule has 4 rings (SSSR count). The summed E-state index contributed by atoms with van der Waals surface area (Å²) in [6.45, 7) is 1.49. The monoisotopic (exact) mass is 501 g/mol. The summed E-state index contributed by atoms with van der Waals surface area (Å²) >= 11 is 4.66. The minimum atomic E-state index is -0.519. The molecule has 1 aliphatic heterocycles. The number of likely N-dealkylation sites (tertiary alicyclic amines) is 1. The number of rotatable bonds is 6. The molecule has 1 aliphatic rings. The van der Waals surface area contributed by atoms with Crippen LogP contribution in [0.2, 0.25) is 0 Å². The Bertz CT molecular complexity index is 1190. The molecule has 160 valence electrons. The van der Waals surface area contributed by atoms with Crippen LogP contribution in [0.25, 0.3) is 5.65 Å². The molecule has 7 nitrogen and oxygen atoms in total. The molecule has 0 radical (unpaired) electrons. The molecular weight excluding hydrogens is 482 g/mol.